The van der Waals surface area contributed by atoms with Crippen LogP contribution in [-0.2, 0) is 0 Å². The van der Waals surface area contributed by atoms with Crippen molar-refractivity contribution in [2.24, 2.45) is 0 Å². The Kier molecular flexibility index (Phi) is 4.84. The van der Waals surface area contributed by atoms with Crippen LogP contribution < -0.4 is 0 Å². The molecule has 3 nitrogen and oxygen atoms in total. The molecule has 0 aliphatic heterocycles. The minimum absolute atomic E-state index is 0.395. The Bertz CT molecular complexity index is 1990. The first-order chi connectivity index (χ1) is 18.3. The first kappa shape index (κ1) is 21.1. The van der Waals surface area contributed by atoms with Crippen molar-refractivity contribution in [2.75, 3.05) is 0 Å². The summed E-state index contributed by atoms with van der Waals surface area (Å²) in [4.78, 5) is 7.60. The SMILES string of the molecule is [C-]#[N+]c1cc(-c2cccc(-c3cc4oc5cc(-c6ccccc6)ccc5c4c4ccccc34)c2)ccn1. The molecular formula is C34H20N2O. The van der Waals surface area contributed by atoms with E-state index in [2.05, 4.69) is 107 Å². The zero-order chi connectivity index (χ0) is 24.8. The zero-order valence-electron chi connectivity index (χ0n) is 19.8. The van der Waals surface area contributed by atoms with E-state index >= 15 is 0 Å². The van der Waals surface area contributed by atoms with Crippen molar-refractivity contribution in [3.63, 3.8) is 0 Å². The maximum absolute atomic E-state index is 7.31. The van der Waals surface area contributed by atoms with Crippen molar-refractivity contribution >= 4 is 38.5 Å². The van der Waals surface area contributed by atoms with Crippen LogP contribution in [0.2, 0.25) is 0 Å². The molecule has 0 unspecified atom stereocenters. The minimum atomic E-state index is 0.395. The Morgan fingerprint density at radius 3 is 2.14 bits per heavy atom. The van der Waals surface area contributed by atoms with Crippen LogP contribution in [0.25, 0.3) is 70.9 Å². The fourth-order valence-corrected chi connectivity index (χ4v) is 5.21. The number of furan rings is 1. The number of pyridine rings is 1. The predicted octanol–water partition coefficient (Wildman–Crippen LogP) is 9.69. The van der Waals surface area contributed by atoms with Gasteiger partial charge in [-0.25, -0.2) is 0 Å². The number of hydrogen-bond acceptors (Lipinski definition) is 2. The summed E-state index contributed by atoms with van der Waals surface area (Å²) in [6.07, 6.45) is 1.69. The molecule has 0 spiro atoms. The maximum Gasteiger partial charge on any atom is 0.270 e. The summed E-state index contributed by atoms with van der Waals surface area (Å²) in [6.45, 7) is 7.31. The van der Waals surface area contributed by atoms with Crippen molar-refractivity contribution in [2.45, 2.75) is 0 Å². The van der Waals surface area contributed by atoms with Gasteiger partial charge in [0, 0.05) is 10.8 Å². The molecule has 0 fully saturated rings. The van der Waals surface area contributed by atoms with Crippen molar-refractivity contribution in [1.29, 1.82) is 0 Å². The van der Waals surface area contributed by atoms with Crippen molar-refractivity contribution < 1.29 is 4.42 Å². The van der Waals surface area contributed by atoms with Crippen LogP contribution >= 0.6 is 0 Å². The second-order valence-corrected chi connectivity index (χ2v) is 9.12. The molecule has 0 aliphatic rings. The maximum atomic E-state index is 7.31. The molecule has 2 aromatic heterocycles. The lowest BCUT2D eigenvalue weighted by molar-refractivity contribution is 0.669. The van der Waals surface area contributed by atoms with E-state index in [1.54, 1.807) is 6.20 Å². The van der Waals surface area contributed by atoms with Crippen LogP contribution in [0.15, 0.2) is 126 Å². The minimum Gasteiger partial charge on any atom is -0.456 e. The quantitative estimate of drug-likeness (QED) is 0.240. The van der Waals surface area contributed by atoms with Gasteiger partial charge in [0.1, 0.15) is 17.4 Å². The topological polar surface area (TPSA) is 30.4 Å². The highest BCUT2D eigenvalue weighted by Crippen LogP contribution is 2.41. The van der Waals surface area contributed by atoms with Gasteiger partial charge in [0.2, 0.25) is 0 Å². The monoisotopic (exact) mass is 472 g/mol. The van der Waals surface area contributed by atoms with Gasteiger partial charge < -0.3 is 9.26 Å². The second-order valence-electron chi connectivity index (χ2n) is 9.12. The fourth-order valence-electron chi connectivity index (χ4n) is 5.21. The molecule has 5 aromatic carbocycles. The molecule has 0 amide bonds. The average molecular weight is 473 g/mol. The van der Waals surface area contributed by atoms with E-state index in [1.165, 1.54) is 16.3 Å². The van der Waals surface area contributed by atoms with Crippen LogP contribution in [0.4, 0.5) is 5.82 Å². The molecule has 3 heteroatoms. The highest BCUT2D eigenvalue weighted by molar-refractivity contribution is 6.22. The van der Waals surface area contributed by atoms with Crippen LogP contribution in [0.1, 0.15) is 0 Å². The molecule has 7 rings (SSSR count). The van der Waals surface area contributed by atoms with Gasteiger partial charge >= 0.3 is 0 Å². The second kappa shape index (κ2) is 8.48. The molecule has 0 atom stereocenters. The van der Waals surface area contributed by atoms with Gasteiger partial charge in [-0.2, -0.15) is 0 Å². The van der Waals surface area contributed by atoms with E-state index in [1.807, 2.05) is 18.2 Å². The largest absolute Gasteiger partial charge is 0.456 e. The van der Waals surface area contributed by atoms with Gasteiger partial charge in [-0.1, -0.05) is 85.4 Å². The van der Waals surface area contributed by atoms with Crippen LogP contribution in [0.3, 0.4) is 0 Å². The third-order valence-electron chi connectivity index (χ3n) is 6.95. The molecule has 0 saturated heterocycles. The van der Waals surface area contributed by atoms with Gasteiger partial charge in [0.05, 0.1) is 0 Å². The molecular weight excluding hydrogens is 452 g/mol. The summed E-state index contributed by atoms with van der Waals surface area (Å²) in [5, 5.41) is 4.61. The van der Waals surface area contributed by atoms with Gasteiger partial charge in [0.15, 0.2) is 0 Å². The molecule has 0 aliphatic carbocycles. The lowest BCUT2D eigenvalue weighted by atomic mass is 9.93. The summed E-state index contributed by atoms with van der Waals surface area (Å²) in [7, 11) is 0. The Morgan fingerprint density at radius 1 is 0.541 bits per heavy atom. The van der Waals surface area contributed by atoms with Crippen molar-refractivity contribution in [3.8, 4) is 33.4 Å². The van der Waals surface area contributed by atoms with Crippen molar-refractivity contribution in [1.82, 2.24) is 4.98 Å². The normalized spacial score (nSPS) is 11.2. The van der Waals surface area contributed by atoms with Crippen LogP contribution in [0, 0.1) is 6.57 Å². The lowest BCUT2D eigenvalue weighted by Crippen LogP contribution is -1.85. The van der Waals surface area contributed by atoms with E-state index in [9.17, 15) is 0 Å². The molecule has 0 radical (unpaired) electrons. The fraction of sp³-hybridized carbons (Fsp3) is 0. The highest BCUT2D eigenvalue weighted by Gasteiger charge is 2.16. The van der Waals surface area contributed by atoms with E-state index in [0.717, 1.165) is 49.8 Å². The number of aromatic nitrogens is 1. The van der Waals surface area contributed by atoms with E-state index in [4.69, 9.17) is 11.0 Å². The Labute approximate surface area is 214 Å². The number of rotatable bonds is 3. The third-order valence-corrected chi connectivity index (χ3v) is 6.95. The number of fused-ring (bicyclic) bond motifs is 5. The van der Waals surface area contributed by atoms with E-state index < -0.39 is 0 Å². The molecule has 0 bridgehead atoms. The molecule has 2 heterocycles. The molecule has 7 aromatic rings. The van der Waals surface area contributed by atoms with Gasteiger partial charge in [-0.05, 0) is 80.6 Å². The smallest absolute Gasteiger partial charge is 0.270 e. The first-order valence-electron chi connectivity index (χ1n) is 12.2. The van der Waals surface area contributed by atoms with Gasteiger partial charge in [0.25, 0.3) is 5.82 Å². The van der Waals surface area contributed by atoms with E-state index in [0.29, 0.717) is 5.82 Å². The molecule has 0 N–H and O–H groups in total. The first-order valence-corrected chi connectivity index (χ1v) is 12.2. The van der Waals surface area contributed by atoms with Crippen molar-refractivity contribution in [3.05, 3.63) is 133 Å². The Hall–Kier alpha value is -5.20. The lowest BCUT2D eigenvalue weighted by Gasteiger charge is -2.10. The van der Waals surface area contributed by atoms with Crippen LogP contribution in [-0.4, -0.2) is 4.98 Å². The van der Waals surface area contributed by atoms with Crippen LogP contribution in [0.5, 0.6) is 0 Å². The van der Waals surface area contributed by atoms with Gasteiger partial charge in [-0.3, -0.25) is 0 Å². The summed E-state index contributed by atoms with van der Waals surface area (Å²) < 4.78 is 6.49. The number of nitrogens with zero attached hydrogens (tertiary/aromatic N) is 2. The summed E-state index contributed by atoms with van der Waals surface area (Å²) >= 11 is 0. The molecule has 172 valence electrons. The highest BCUT2D eigenvalue weighted by atomic mass is 16.3. The third kappa shape index (κ3) is 3.55. The Morgan fingerprint density at radius 2 is 1.27 bits per heavy atom. The Balaban J connectivity index is 1.44. The molecule has 37 heavy (non-hydrogen) atoms. The summed E-state index contributed by atoms with van der Waals surface area (Å²) in [5.74, 6) is 0.395. The predicted molar refractivity (Wildman–Crippen MR) is 152 cm³/mol. The van der Waals surface area contributed by atoms with E-state index in [-0.39, 0.29) is 0 Å². The summed E-state index contributed by atoms with van der Waals surface area (Å²) in [5.41, 5.74) is 8.31. The summed E-state index contributed by atoms with van der Waals surface area (Å²) in [6, 6.07) is 39.8. The number of hydrogen-bond donors (Lipinski definition) is 0. The van der Waals surface area contributed by atoms with Gasteiger partial charge in [-0.15, -0.1) is 4.98 Å². The number of benzene rings is 5. The zero-order valence-corrected chi connectivity index (χ0v) is 19.8. The molecule has 0 saturated carbocycles. The standard InChI is InChI=1S/C34H20N2O/c1-35-33-20-25(16-17-36-33)23-10-7-11-26(18-23)30-21-32-34(28-13-6-5-12-27(28)30)29-15-14-24(19-31(29)37-32)22-8-3-2-4-9-22/h2-21H. The average Bonchev–Trinajstić information content (AvgIpc) is 3.35.